The van der Waals surface area contributed by atoms with Crippen LogP contribution in [0.2, 0.25) is 0 Å². The van der Waals surface area contributed by atoms with Gasteiger partial charge in [0.25, 0.3) is 0 Å². The number of hydrogen-bond acceptors (Lipinski definition) is 4. The Hall–Kier alpha value is -1.75. The maximum absolute atomic E-state index is 11.6. The minimum absolute atomic E-state index is 0.536. The number of aliphatic carboxylic acids is 1. The molecule has 0 saturated heterocycles. The van der Waals surface area contributed by atoms with E-state index in [1.54, 1.807) is 25.3 Å². The molecule has 1 atom stereocenters. The average Bonchev–Trinajstić information content (AvgIpc) is 2.45. The lowest BCUT2D eigenvalue weighted by Gasteiger charge is -2.27. The summed E-state index contributed by atoms with van der Waals surface area (Å²) in [7, 11) is 1.55. The second-order valence-corrected chi connectivity index (χ2v) is 4.31. The topological polar surface area (TPSA) is 59.0 Å². The van der Waals surface area contributed by atoms with E-state index < -0.39 is 12.0 Å². The molecule has 0 saturated carbocycles. The maximum atomic E-state index is 11.6. The van der Waals surface area contributed by atoms with Crippen LogP contribution in [0.5, 0.6) is 11.5 Å². The van der Waals surface area contributed by atoms with Crippen LogP contribution in [0.25, 0.3) is 0 Å². The molecule has 1 aromatic carbocycles. The van der Waals surface area contributed by atoms with Crippen molar-refractivity contribution in [3.63, 3.8) is 0 Å². The minimum Gasteiger partial charge on any atom is -0.493 e. The van der Waals surface area contributed by atoms with Crippen LogP contribution in [0.1, 0.15) is 32.4 Å². The quantitative estimate of drug-likeness (QED) is 0.793. The van der Waals surface area contributed by atoms with Crippen LogP contribution in [0.4, 0.5) is 0 Å². The third-order valence-electron chi connectivity index (χ3n) is 3.21. The van der Waals surface area contributed by atoms with E-state index in [-0.39, 0.29) is 0 Å². The lowest BCUT2D eigenvalue weighted by Crippen LogP contribution is -2.33. The van der Waals surface area contributed by atoms with Gasteiger partial charge in [0.05, 0.1) is 13.7 Å². The zero-order chi connectivity index (χ0) is 15.1. The number of ether oxygens (including phenoxy) is 2. The van der Waals surface area contributed by atoms with Crippen molar-refractivity contribution in [2.75, 3.05) is 26.8 Å². The van der Waals surface area contributed by atoms with Crippen molar-refractivity contribution in [1.82, 2.24) is 4.90 Å². The standard InChI is InChI=1S/C15H23NO4/c1-5-16(6-2)14(15(17)18)11-8-9-12(20-7-3)13(10-11)19-4/h8-10,14H,5-7H2,1-4H3,(H,17,18). The second-order valence-electron chi connectivity index (χ2n) is 4.31. The van der Waals surface area contributed by atoms with Crippen LogP contribution in [0.3, 0.4) is 0 Å². The molecule has 20 heavy (non-hydrogen) atoms. The molecule has 0 bridgehead atoms. The Kier molecular flexibility index (Phi) is 6.31. The fourth-order valence-electron chi connectivity index (χ4n) is 2.23. The highest BCUT2D eigenvalue weighted by Crippen LogP contribution is 2.32. The van der Waals surface area contributed by atoms with E-state index >= 15 is 0 Å². The summed E-state index contributed by atoms with van der Waals surface area (Å²) in [5, 5.41) is 9.48. The van der Waals surface area contributed by atoms with Gasteiger partial charge in [-0.1, -0.05) is 19.9 Å². The van der Waals surface area contributed by atoms with Crippen molar-refractivity contribution < 1.29 is 19.4 Å². The van der Waals surface area contributed by atoms with Crippen LogP contribution >= 0.6 is 0 Å². The van der Waals surface area contributed by atoms with E-state index in [0.29, 0.717) is 36.8 Å². The molecule has 0 fully saturated rings. The van der Waals surface area contributed by atoms with Gasteiger partial charge in [0.1, 0.15) is 6.04 Å². The van der Waals surface area contributed by atoms with Gasteiger partial charge in [-0.25, -0.2) is 0 Å². The number of carboxylic acid groups (broad SMARTS) is 1. The van der Waals surface area contributed by atoms with E-state index in [4.69, 9.17) is 9.47 Å². The Morgan fingerprint density at radius 2 is 1.90 bits per heavy atom. The first kappa shape index (κ1) is 16.3. The molecule has 0 radical (unpaired) electrons. The zero-order valence-corrected chi connectivity index (χ0v) is 12.5. The lowest BCUT2D eigenvalue weighted by atomic mass is 10.0. The lowest BCUT2D eigenvalue weighted by molar-refractivity contribution is -0.143. The summed E-state index contributed by atoms with van der Waals surface area (Å²) < 4.78 is 10.7. The summed E-state index contributed by atoms with van der Waals surface area (Å²) in [6.07, 6.45) is 0. The zero-order valence-electron chi connectivity index (χ0n) is 12.5. The number of carboxylic acids is 1. The molecule has 0 aromatic heterocycles. The third kappa shape index (κ3) is 3.63. The predicted octanol–water partition coefficient (Wildman–Crippen LogP) is 2.56. The van der Waals surface area contributed by atoms with Crippen molar-refractivity contribution in [3.05, 3.63) is 23.8 Å². The van der Waals surface area contributed by atoms with Crippen LogP contribution in [0, 0.1) is 0 Å². The summed E-state index contributed by atoms with van der Waals surface area (Å²) >= 11 is 0. The van der Waals surface area contributed by atoms with Gasteiger partial charge in [-0.2, -0.15) is 0 Å². The molecule has 0 heterocycles. The molecule has 0 aliphatic rings. The fraction of sp³-hybridized carbons (Fsp3) is 0.533. The molecule has 0 amide bonds. The highest BCUT2D eigenvalue weighted by molar-refractivity contribution is 5.76. The number of rotatable bonds is 8. The second kappa shape index (κ2) is 7.75. The van der Waals surface area contributed by atoms with Gasteiger partial charge in [-0.05, 0) is 37.7 Å². The molecule has 1 N–H and O–H groups in total. The largest absolute Gasteiger partial charge is 0.493 e. The SMILES string of the molecule is CCOc1ccc(C(C(=O)O)N(CC)CC)cc1OC. The summed E-state index contributed by atoms with van der Waals surface area (Å²) in [4.78, 5) is 13.4. The number of carbonyl (C=O) groups is 1. The molecule has 5 nitrogen and oxygen atoms in total. The number of hydrogen-bond donors (Lipinski definition) is 1. The van der Waals surface area contributed by atoms with E-state index in [1.165, 1.54) is 0 Å². The Balaban J connectivity index is 3.17. The van der Waals surface area contributed by atoms with Gasteiger partial charge in [-0.3, -0.25) is 9.69 Å². The van der Waals surface area contributed by atoms with E-state index in [9.17, 15) is 9.90 Å². The van der Waals surface area contributed by atoms with Crippen LogP contribution in [-0.4, -0.2) is 42.8 Å². The number of likely N-dealkylation sites (N-methyl/N-ethyl adjacent to an activating group) is 1. The van der Waals surface area contributed by atoms with Gasteiger partial charge < -0.3 is 14.6 Å². The van der Waals surface area contributed by atoms with E-state index in [2.05, 4.69) is 0 Å². The van der Waals surface area contributed by atoms with E-state index in [1.807, 2.05) is 25.7 Å². The first-order valence-electron chi connectivity index (χ1n) is 6.86. The normalized spacial score (nSPS) is 12.2. The van der Waals surface area contributed by atoms with Crippen molar-refractivity contribution in [1.29, 1.82) is 0 Å². The molecule has 0 spiro atoms. The highest BCUT2D eigenvalue weighted by atomic mass is 16.5. The minimum atomic E-state index is -0.861. The Morgan fingerprint density at radius 3 is 2.35 bits per heavy atom. The summed E-state index contributed by atoms with van der Waals surface area (Å²) in [6, 6.07) is 4.61. The first-order chi connectivity index (χ1) is 9.58. The first-order valence-corrected chi connectivity index (χ1v) is 6.86. The van der Waals surface area contributed by atoms with Gasteiger partial charge in [0.15, 0.2) is 11.5 Å². The predicted molar refractivity (Wildman–Crippen MR) is 77.5 cm³/mol. The summed E-state index contributed by atoms with van der Waals surface area (Å²) in [6.45, 7) is 7.67. The molecular weight excluding hydrogens is 258 g/mol. The Labute approximate surface area is 120 Å². The average molecular weight is 281 g/mol. The molecular formula is C15H23NO4. The molecule has 1 unspecified atom stereocenters. The van der Waals surface area contributed by atoms with Crippen LogP contribution in [-0.2, 0) is 4.79 Å². The van der Waals surface area contributed by atoms with Crippen LogP contribution < -0.4 is 9.47 Å². The number of benzene rings is 1. The Morgan fingerprint density at radius 1 is 1.25 bits per heavy atom. The summed E-state index contributed by atoms with van der Waals surface area (Å²) in [5.74, 6) is 0.324. The summed E-state index contributed by atoms with van der Waals surface area (Å²) in [5.41, 5.74) is 0.696. The van der Waals surface area contributed by atoms with Crippen molar-refractivity contribution >= 4 is 5.97 Å². The van der Waals surface area contributed by atoms with Gasteiger partial charge in [0, 0.05) is 0 Å². The van der Waals surface area contributed by atoms with Crippen molar-refractivity contribution in [3.8, 4) is 11.5 Å². The maximum Gasteiger partial charge on any atom is 0.325 e. The molecule has 1 aromatic rings. The van der Waals surface area contributed by atoms with Gasteiger partial charge in [-0.15, -0.1) is 0 Å². The smallest absolute Gasteiger partial charge is 0.325 e. The van der Waals surface area contributed by atoms with Crippen LogP contribution in [0.15, 0.2) is 18.2 Å². The van der Waals surface area contributed by atoms with Crippen molar-refractivity contribution in [2.24, 2.45) is 0 Å². The molecule has 0 aliphatic carbocycles. The monoisotopic (exact) mass is 281 g/mol. The fourth-order valence-corrected chi connectivity index (χ4v) is 2.23. The third-order valence-corrected chi connectivity index (χ3v) is 3.21. The molecule has 0 aliphatic heterocycles. The number of methoxy groups -OCH3 is 1. The Bertz CT molecular complexity index is 443. The van der Waals surface area contributed by atoms with Crippen molar-refractivity contribution in [2.45, 2.75) is 26.8 Å². The number of nitrogens with zero attached hydrogens (tertiary/aromatic N) is 1. The molecule has 1 rings (SSSR count). The molecule has 5 heteroatoms. The highest BCUT2D eigenvalue weighted by Gasteiger charge is 2.26. The van der Waals surface area contributed by atoms with Gasteiger partial charge >= 0.3 is 5.97 Å². The van der Waals surface area contributed by atoms with E-state index in [0.717, 1.165) is 0 Å². The molecule has 112 valence electrons. The van der Waals surface area contributed by atoms with Gasteiger partial charge in [0.2, 0.25) is 0 Å².